The fraction of sp³-hybridized carbons (Fsp3) is 0.182. The number of ether oxygens (including phenoxy) is 1. The molecule has 0 spiro atoms. The average molecular weight is 234 g/mol. The van der Waals surface area contributed by atoms with Crippen LogP contribution in [-0.2, 0) is 9.53 Å². The zero-order chi connectivity index (χ0) is 12.8. The molecule has 1 heterocycles. The monoisotopic (exact) mass is 234 g/mol. The fourth-order valence-corrected chi connectivity index (χ4v) is 0.978. The Labute approximate surface area is 97.4 Å². The van der Waals surface area contributed by atoms with Gasteiger partial charge in [0.1, 0.15) is 5.82 Å². The first-order valence-corrected chi connectivity index (χ1v) is 4.72. The summed E-state index contributed by atoms with van der Waals surface area (Å²) in [6, 6.07) is 1.25. The summed E-state index contributed by atoms with van der Waals surface area (Å²) < 4.78 is 4.59. The van der Waals surface area contributed by atoms with Gasteiger partial charge in [0, 0.05) is 12.1 Å². The summed E-state index contributed by atoms with van der Waals surface area (Å²) in [5, 5.41) is 8.74. The largest absolute Gasteiger partial charge is 0.478 e. The van der Waals surface area contributed by atoms with E-state index in [0.717, 1.165) is 6.20 Å². The Balaban J connectivity index is 3.01. The van der Waals surface area contributed by atoms with Crippen LogP contribution in [0.2, 0.25) is 0 Å². The number of carbonyl (C=O) groups excluding carboxylic acids is 1. The molecule has 0 radical (unpaired) electrons. The summed E-state index contributed by atoms with van der Waals surface area (Å²) in [4.78, 5) is 25.3. The van der Waals surface area contributed by atoms with Crippen LogP contribution >= 0.6 is 0 Å². The summed E-state index contributed by atoms with van der Waals surface area (Å²) in [5.41, 5.74) is 5.62. The quantitative estimate of drug-likeness (QED) is 0.562. The van der Waals surface area contributed by atoms with Crippen LogP contribution in [0.4, 0.5) is 5.82 Å². The highest BCUT2D eigenvalue weighted by Gasteiger charge is 2.06. The molecule has 0 bridgehead atoms. The molecule has 88 valence electrons. The predicted octanol–water partition coefficient (Wildman–Crippen LogP) is 0.277. The third-order valence-electron chi connectivity index (χ3n) is 1.74. The van der Waals surface area contributed by atoms with Gasteiger partial charge in [-0.15, -0.1) is 0 Å². The number of nitrogens with two attached hydrogens (primary N) is 1. The molecular formula is C11H10N2O4. The van der Waals surface area contributed by atoms with E-state index in [0.29, 0.717) is 0 Å². The van der Waals surface area contributed by atoms with Crippen LogP contribution in [-0.4, -0.2) is 28.6 Å². The van der Waals surface area contributed by atoms with Gasteiger partial charge in [-0.05, 0) is 13.0 Å². The van der Waals surface area contributed by atoms with E-state index < -0.39 is 11.9 Å². The number of aromatic nitrogens is 1. The van der Waals surface area contributed by atoms with Crippen LogP contribution in [0.5, 0.6) is 0 Å². The SMILES string of the molecule is CCOC(=O)C#Cc1cc(C(=O)O)cnc1N. The molecule has 6 heteroatoms. The first-order chi connectivity index (χ1) is 8.04. The number of carboxylic acids is 1. The van der Waals surface area contributed by atoms with Crippen LogP contribution in [0.3, 0.4) is 0 Å². The minimum Gasteiger partial charge on any atom is -0.478 e. The van der Waals surface area contributed by atoms with Crippen LogP contribution in [0.1, 0.15) is 22.8 Å². The molecule has 0 aromatic carbocycles. The Hall–Kier alpha value is -2.55. The van der Waals surface area contributed by atoms with E-state index in [1.165, 1.54) is 6.07 Å². The summed E-state index contributed by atoms with van der Waals surface area (Å²) in [7, 11) is 0. The van der Waals surface area contributed by atoms with Crippen LogP contribution in [0.15, 0.2) is 12.3 Å². The van der Waals surface area contributed by atoms with Gasteiger partial charge >= 0.3 is 11.9 Å². The molecule has 0 aliphatic rings. The first-order valence-electron chi connectivity index (χ1n) is 4.72. The number of pyridine rings is 1. The molecule has 17 heavy (non-hydrogen) atoms. The van der Waals surface area contributed by atoms with Crippen molar-refractivity contribution in [3.8, 4) is 11.8 Å². The molecule has 3 N–H and O–H groups in total. The minimum atomic E-state index is -1.14. The van der Waals surface area contributed by atoms with E-state index in [9.17, 15) is 9.59 Å². The van der Waals surface area contributed by atoms with E-state index in [1.807, 2.05) is 0 Å². The highest BCUT2D eigenvalue weighted by Crippen LogP contribution is 2.09. The van der Waals surface area contributed by atoms with Crippen LogP contribution in [0.25, 0.3) is 0 Å². The molecule has 1 rings (SSSR count). The summed E-state index contributed by atoms with van der Waals surface area (Å²) in [5.74, 6) is 2.82. The number of carbonyl (C=O) groups is 2. The van der Waals surface area contributed by atoms with Gasteiger partial charge in [0.15, 0.2) is 0 Å². The van der Waals surface area contributed by atoms with E-state index >= 15 is 0 Å². The number of esters is 1. The highest BCUT2D eigenvalue weighted by atomic mass is 16.5. The Kier molecular flexibility index (Phi) is 4.06. The molecule has 0 atom stereocenters. The topological polar surface area (TPSA) is 103 Å². The molecule has 0 fully saturated rings. The van der Waals surface area contributed by atoms with Crippen molar-refractivity contribution in [1.29, 1.82) is 0 Å². The fourth-order valence-electron chi connectivity index (χ4n) is 0.978. The second-order valence-electron chi connectivity index (χ2n) is 2.93. The second-order valence-corrected chi connectivity index (χ2v) is 2.93. The molecular weight excluding hydrogens is 224 g/mol. The Morgan fingerprint density at radius 2 is 2.29 bits per heavy atom. The summed E-state index contributed by atoms with van der Waals surface area (Å²) in [6.07, 6.45) is 1.12. The molecule has 0 saturated heterocycles. The van der Waals surface area contributed by atoms with E-state index in [2.05, 4.69) is 21.6 Å². The third kappa shape index (κ3) is 3.50. The van der Waals surface area contributed by atoms with Crippen molar-refractivity contribution in [2.75, 3.05) is 12.3 Å². The van der Waals surface area contributed by atoms with E-state index in [4.69, 9.17) is 10.8 Å². The van der Waals surface area contributed by atoms with Crippen LogP contribution < -0.4 is 5.73 Å². The van der Waals surface area contributed by atoms with Gasteiger partial charge in [0.2, 0.25) is 0 Å². The zero-order valence-electron chi connectivity index (χ0n) is 9.06. The third-order valence-corrected chi connectivity index (χ3v) is 1.74. The lowest BCUT2D eigenvalue weighted by Gasteiger charge is -1.98. The molecule has 0 aliphatic heterocycles. The van der Waals surface area contributed by atoms with Gasteiger partial charge in [-0.1, -0.05) is 5.92 Å². The van der Waals surface area contributed by atoms with E-state index in [-0.39, 0.29) is 23.6 Å². The zero-order valence-corrected chi connectivity index (χ0v) is 9.06. The maximum Gasteiger partial charge on any atom is 0.384 e. The number of hydrogen-bond acceptors (Lipinski definition) is 5. The van der Waals surface area contributed by atoms with Gasteiger partial charge < -0.3 is 15.6 Å². The Morgan fingerprint density at radius 3 is 2.88 bits per heavy atom. The van der Waals surface area contributed by atoms with Crippen molar-refractivity contribution in [1.82, 2.24) is 4.98 Å². The number of hydrogen-bond donors (Lipinski definition) is 2. The lowest BCUT2D eigenvalue weighted by Crippen LogP contribution is -2.03. The van der Waals surface area contributed by atoms with Crippen molar-refractivity contribution < 1.29 is 19.4 Å². The molecule has 0 saturated carbocycles. The maximum atomic E-state index is 11.0. The normalized spacial score (nSPS) is 9.00. The highest BCUT2D eigenvalue weighted by molar-refractivity contribution is 5.90. The lowest BCUT2D eigenvalue weighted by atomic mass is 10.2. The van der Waals surface area contributed by atoms with Gasteiger partial charge in [0.25, 0.3) is 0 Å². The van der Waals surface area contributed by atoms with Crippen molar-refractivity contribution >= 4 is 17.8 Å². The molecule has 1 aromatic rings. The number of nitrogens with zero attached hydrogens (tertiary/aromatic N) is 1. The molecule has 1 aromatic heterocycles. The lowest BCUT2D eigenvalue weighted by molar-refractivity contribution is -0.136. The van der Waals surface area contributed by atoms with Crippen molar-refractivity contribution in [2.45, 2.75) is 6.92 Å². The van der Waals surface area contributed by atoms with Crippen molar-refractivity contribution in [2.24, 2.45) is 0 Å². The predicted molar refractivity (Wildman–Crippen MR) is 59.1 cm³/mol. The Bertz CT molecular complexity index is 514. The number of carboxylic acid groups (broad SMARTS) is 1. The van der Waals surface area contributed by atoms with Gasteiger partial charge in [-0.25, -0.2) is 14.6 Å². The number of aromatic carboxylic acids is 1. The standard InChI is InChI=1S/C11H10N2O4/c1-2-17-9(14)4-3-7-5-8(11(15)16)6-13-10(7)12/h5-6H,2H2,1H3,(H2,12,13)(H,15,16). The summed E-state index contributed by atoms with van der Waals surface area (Å²) in [6.45, 7) is 1.87. The number of anilines is 1. The minimum absolute atomic E-state index is 0.0487. The maximum absolute atomic E-state index is 11.0. The second kappa shape index (κ2) is 5.51. The van der Waals surface area contributed by atoms with E-state index in [1.54, 1.807) is 6.92 Å². The smallest absolute Gasteiger partial charge is 0.384 e. The number of nitrogen functional groups attached to an aromatic ring is 1. The van der Waals surface area contributed by atoms with Gasteiger partial charge in [-0.2, -0.15) is 0 Å². The summed E-state index contributed by atoms with van der Waals surface area (Å²) >= 11 is 0. The van der Waals surface area contributed by atoms with Gasteiger partial charge in [0.05, 0.1) is 17.7 Å². The first kappa shape index (κ1) is 12.5. The average Bonchev–Trinajstić information content (AvgIpc) is 2.28. The van der Waals surface area contributed by atoms with Crippen molar-refractivity contribution in [3.05, 3.63) is 23.4 Å². The molecule has 0 amide bonds. The Morgan fingerprint density at radius 1 is 1.59 bits per heavy atom. The van der Waals surface area contributed by atoms with Gasteiger partial charge in [-0.3, -0.25) is 0 Å². The molecule has 0 unspecified atom stereocenters. The van der Waals surface area contributed by atoms with Crippen molar-refractivity contribution in [3.63, 3.8) is 0 Å². The number of rotatable bonds is 2. The molecule has 6 nitrogen and oxygen atoms in total. The molecule has 0 aliphatic carbocycles. The van der Waals surface area contributed by atoms with Crippen LogP contribution in [0, 0.1) is 11.8 Å².